The van der Waals surface area contributed by atoms with E-state index in [2.05, 4.69) is 28.5 Å². The lowest BCUT2D eigenvalue weighted by atomic mass is 9.83. The van der Waals surface area contributed by atoms with Gasteiger partial charge in [0.15, 0.2) is 6.10 Å². The summed E-state index contributed by atoms with van der Waals surface area (Å²) in [7, 11) is 0. The van der Waals surface area contributed by atoms with Crippen LogP contribution in [-0.2, 0) is 22.4 Å². The summed E-state index contributed by atoms with van der Waals surface area (Å²) in [4.78, 5) is 30.0. The molecule has 0 spiro atoms. The van der Waals surface area contributed by atoms with Gasteiger partial charge >= 0.3 is 5.97 Å². The number of amides is 1. The Bertz CT molecular complexity index is 1200. The number of hydrogen-bond donors (Lipinski definition) is 1. The molecular formula is C24H20ClN3O3S. The van der Waals surface area contributed by atoms with E-state index in [9.17, 15) is 14.9 Å². The normalized spacial score (nSPS) is 15.8. The zero-order chi connectivity index (χ0) is 22.7. The number of benzene rings is 1. The molecule has 2 unspecified atom stereocenters. The van der Waals surface area contributed by atoms with Gasteiger partial charge in [-0.2, -0.15) is 5.26 Å². The fourth-order valence-electron chi connectivity index (χ4n) is 3.83. The fourth-order valence-corrected chi connectivity index (χ4v) is 5.31. The second-order valence-electron chi connectivity index (χ2n) is 7.55. The molecule has 2 atom stereocenters. The van der Waals surface area contributed by atoms with Crippen molar-refractivity contribution in [2.75, 3.05) is 5.32 Å². The molecule has 4 rings (SSSR count). The number of thiophene rings is 1. The molecule has 162 valence electrons. The molecule has 6 nitrogen and oxygen atoms in total. The number of fused-ring (bicyclic) bond motifs is 1. The number of nitriles is 1. The number of nitrogens with zero attached hydrogens (tertiary/aromatic N) is 2. The van der Waals surface area contributed by atoms with Crippen LogP contribution >= 0.6 is 22.9 Å². The topological polar surface area (TPSA) is 92.1 Å². The Morgan fingerprint density at radius 3 is 2.78 bits per heavy atom. The minimum atomic E-state index is -1.07. The predicted octanol–water partition coefficient (Wildman–Crippen LogP) is 5.12. The molecule has 0 aliphatic heterocycles. The van der Waals surface area contributed by atoms with E-state index in [0.717, 1.165) is 29.7 Å². The summed E-state index contributed by atoms with van der Waals surface area (Å²) in [6.07, 6.45) is 2.96. The molecule has 0 radical (unpaired) electrons. The van der Waals surface area contributed by atoms with Crippen molar-refractivity contribution in [3.05, 3.63) is 80.9 Å². The number of hydrogen-bond acceptors (Lipinski definition) is 6. The number of anilines is 1. The average Bonchev–Trinajstić information content (AvgIpc) is 3.15. The largest absolute Gasteiger partial charge is 0.449 e. The molecule has 0 fully saturated rings. The lowest BCUT2D eigenvalue weighted by Gasteiger charge is -2.22. The molecule has 1 aliphatic rings. The van der Waals surface area contributed by atoms with E-state index >= 15 is 0 Å². The van der Waals surface area contributed by atoms with E-state index in [4.69, 9.17) is 16.3 Å². The predicted molar refractivity (Wildman–Crippen MR) is 123 cm³/mol. The lowest BCUT2D eigenvalue weighted by molar-refractivity contribution is -0.123. The maximum absolute atomic E-state index is 12.7. The molecule has 2 heterocycles. The lowest BCUT2D eigenvalue weighted by Crippen LogP contribution is -2.30. The Kier molecular flexibility index (Phi) is 6.54. The molecular weight excluding hydrogens is 446 g/mol. The number of pyridine rings is 1. The van der Waals surface area contributed by atoms with Gasteiger partial charge in [-0.25, -0.2) is 9.78 Å². The van der Waals surface area contributed by atoms with Crippen LogP contribution in [-0.4, -0.2) is 23.0 Å². The van der Waals surface area contributed by atoms with Gasteiger partial charge in [0.2, 0.25) is 0 Å². The van der Waals surface area contributed by atoms with Gasteiger partial charge in [0, 0.05) is 11.1 Å². The van der Waals surface area contributed by atoms with E-state index in [1.165, 1.54) is 36.1 Å². The Hall–Kier alpha value is -3.21. The van der Waals surface area contributed by atoms with Crippen molar-refractivity contribution in [3.63, 3.8) is 0 Å². The SMILES string of the molecule is CC(OC(=O)c1cccnc1Cl)C(=O)Nc1sc2c(c1C#N)CCC(c1ccccc1)C2. The third-order valence-electron chi connectivity index (χ3n) is 5.52. The molecule has 1 aromatic carbocycles. The molecule has 0 saturated carbocycles. The van der Waals surface area contributed by atoms with Crippen LogP contribution < -0.4 is 5.32 Å². The highest BCUT2D eigenvalue weighted by Gasteiger charge is 2.28. The maximum Gasteiger partial charge on any atom is 0.342 e. The first-order valence-corrected chi connectivity index (χ1v) is 11.4. The average molecular weight is 466 g/mol. The van der Waals surface area contributed by atoms with Gasteiger partial charge in [0.1, 0.15) is 16.2 Å². The van der Waals surface area contributed by atoms with E-state index in [0.29, 0.717) is 16.5 Å². The van der Waals surface area contributed by atoms with E-state index in [1.54, 1.807) is 6.07 Å². The zero-order valence-electron chi connectivity index (χ0n) is 17.3. The number of rotatable bonds is 5. The van der Waals surface area contributed by atoms with Crippen LogP contribution in [0.1, 0.15) is 51.2 Å². The Balaban J connectivity index is 1.47. The molecule has 0 saturated heterocycles. The second kappa shape index (κ2) is 9.51. The summed E-state index contributed by atoms with van der Waals surface area (Å²) in [6, 6.07) is 15.6. The highest BCUT2D eigenvalue weighted by atomic mass is 35.5. The number of halogens is 1. The molecule has 8 heteroatoms. The minimum Gasteiger partial charge on any atom is -0.449 e. The van der Waals surface area contributed by atoms with Crippen molar-refractivity contribution in [3.8, 4) is 6.07 Å². The van der Waals surface area contributed by atoms with Gasteiger partial charge in [-0.05, 0) is 55.4 Å². The number of carbonyl (C=O) groups is 2. The Morgan fingerprint density at radius 2 is 2.06 bits per heavy atom. The van der Waals surface area contributed by atoms with Gasteiger partial charge < -0.3 is 10.1 Å². The molecule has 32 heavy (non-hydrogen) atoms. The van der Waals surface area contributed by atoms with Gasteiger partial charge in [0.05, 0.1) is 11.1 Å². The van der Waals surface area contributed by atoms with Crippen molar-refractivity contribution >= 4 is 39.8 Å². The number of esters is 1. The van der Waals surface area contributed by atoms with Crippen molar-refractivity contribution in [2.45, 2.75) is 38.2 Å². The van der Waals surface area contributed by atoms with Crippen LogP contribution in [0.25, 0.3) is 0 Å². The number of ether oxygens (including phenoxy) is 1. The summed E-state index contributed by atoms with van der Waals surface area (Å²) < 4.78 is 5.25. The molecule has 1 aliphatic carbocycles. The van der Waals surface area contributed by atoms with Crippen molar-refractivity contribution < 1.29 is 14.3 Å². The number of carbonyl (C=O) groups excluding carboxylic acids is 2. The molecule has 1 amide bonds. The van der Waals surface area contributed by atoms with Gasteiger partial charge in [0.25, 0.3) is 5.91 Å². The summed E-state index contributed by atoms with van der Waals surface area (Å²) in [6.45, 7) is 1.47. The van der Waals surface area contributed by atoms with Crippen LogP contribution in [0.2, 0.25) is 5.15 Å². The highest BCUT2D eigenvalue weighted by molar-refractivity contribution is 7.16. The van der Waals surface area contributed by atoms with Gasteiger partial charge in [-0.3, -0.25) is 4.79 Å². The smallest absolute Gasteiger partial charge is 0.342 e. The number of aromatic nitrogens is 1. The zero-order valence-corrected chi connectivity index (χ0v) is 18.9. The summed E-state index contributed by atoms with van der Waals surface area (Å²) in [5, 5.41) is 13.0. The standard InChI is InChI=1S/C24H20ClN3O3S/c1-14(31-24(30)18-8-5-11-27-21(18)25)22(29)28-23-19(13-26)17-10-9-16(12-20(17)32-23)15-6-3-2-4-7-15/h2-8,11,14,16H,9-10,12H2,1H3,(H,28,29). The highest BCUT2D eigenvalue weighted by Crippen LogP contribution is 2.42. The van der Waals surface area contributed by atoms with Crippen molar-refractivity contribution in [1.29, 1.82) is 5.26 Å². The third-order valence-corrected chi connectivity index (χ3v) is 6.99. The summed E-state index contributed by atoms with van der Waals surface area (Å²) in [5.74, 6) is -0.850. The first-order chi connectivity index (χ1) is 15.5. The van der Waals surface area contributed by atoms with Crippen molar-refractivity contribution in [2.24, 2.45) is 0 Å². The summed E-state index contributed by atoms with van der Waals surface area (Å²) in [5.41, 5.74) is 2.88. The third kappa shape index (κ3) is 4.52. The van der Waals surface area contributed by atoms with Crippen molar-refractivity contribution in [1.82, 2.24) is 4.98 Å². The van der Waals surface area contributed by atoms with Crippen LogP contribution in [0.4, 0.5) is 5.00 Å². The second-order valence-corrected chi connectivity index (χ2v) is 9.01. The monoisotopic (exact) mass is 465 g/mol. The van der Waals surface area contributed by atoms with Gasteiger partial charge in [-0.1, -0.05) is 41.9 Å². The molecule has 0 bridgehead atoms. The molecule has 3 aromatic rings. The fraction of sp³-hybridized carbons (Fsp3) is 0.250. The quantitative estimate of drug-likeness (QED) is 0.416. The maximum atomic E-state index is 12.7. The van der Waals surface area contributed by atoms with E-state index in [1.807, 2.05) is 18.2 Å². The minimum absolute atomic E-state index is 0.00998. The summed E-state index contributed by atoms with van der Waals surface area (Å²) >= 11 is 7.34. The van der Waals surface area contributed by atoms with Crippen LogP contribution in [0.15, 0.2) is 48.7 Å². The van der Waals surface area contributed by atoms with E-state index in [-0.39, 0.29) is 10.7 Å². The first kappa shape index (κ1) is 22.0. The molecule has 1 N–H and O–H groups in total. The molecule has 2 aromatic heterocycles. The van der Waals surface area contributed by atoms with Crippen LogP contribution in [0.5, 0.6) is 0 Å². The van der Waals surface area contributed by atoms with Gasteiger partial charge in [-0.15, -0.1) is 11.3 Å². The first-order valence-electron chi connectivity index (χ1n) is 10.2. The van der Waals surface area contributed by atoms with Crippen LogP contribution in [0, 0.1) is 11.3 Å². The van der Waals surface area contributed by atoms with E-state index < -0.39 is 18.0 Å². The van der Waals surface area contributed by atoms with Crippen LogP contribution in [0.3, 0.4) is 0 Å². The number of nitrogens with one attached hydrogen (secondary N) is 1. The Labute approximate surface area is 194 Å². The Morgan fingerprint density at radius 1 is 1.28 bits per heavy atom.